The van der Waals surface area contributed by atoms with Crippen LogP contribution >= 0.6 is 0 Å². The molecular weight excluding hydrogens is 204 g/mol. The molecule has 0 radical (unpaired) electrons. The monoisotopic (exact) mass is 218 g/mol. The minimum Gasteiger partial charge on any atom is -0.454 e. The normalized spacial score (nSPS) is 25.6. The largest absolute Gasteiger partial charge is 0.454 e. The van der Waals surface area contributed by atoms with Crippen LogP contribution in [0, 0.1) is 5.92 Å². The van der Waals surface area contributed by atoms with E-state index in [0.29, 0.717) is 24.9 Å². The van der Waals surface area contributed by atoms with E-state index in [9.17, 15) is 4.79 Å². The second-order valence-corrected chi connectivity index (χ2v) is 4.38. The number of Topliss-reactive ketones (excluding diaryl/α,β-unsaturated/α-hetero) is 1. The molecule has 0 aromatic heterocycles. The summed E-state index contributed by atoms with van der Waals surface area (Å²) < 4.78 is 10.6. The molecule has 1 aromatic carbocycles. The summed E-state index contributed by atoms with van der Waals surface area (Å²) in [4.78, 5) is 11.5. The van der Waals surface area contributed by atoms with Crippen molar-refractivity contribution in [2.75, 3.05) is 6.79 Å². The van der Waals surface area contributed by atoms with Crippen molar-refractivity contribution in [3.05, 3.63) is 23.8 Å². The van der Waals surface area contributed by atoms with Crippen molar-refractivity contribution >= 4 is 5.78 Å². The fourth-order valence-corrected chi connectivity index (χ4v) is 2.33. The summed E-state index contributed by atoms with van der Waals surface area (Å²) >= 11 is 0. The molecule has 3 rings (SSSR count). The molecule has 1 heterocycles. The zero-order valence-corrected chi connectivity index (χ0v) is 9.23. The number of hydrogen-bond acceptors (Lipinski definition) is 3. The predicted molar refractivity (Wildman–Crippen MR) is 58.7 cm³/mol. The van der Waals surface area contributed by atoms with Crippen LogP contribution in [-0.4, -0.2) is 12.6 Å². The Labute approximate surface area is 94.4 Å². The third-order valence-corrected chi connectivity index (χ3v) is 3.38. The Morgan fingerprint density at radius 1 is 1.38 bits per heavy atom. The summed E-state index contributed by atoms with van der Waals surface area (Å²) in [6, 6.07) is 5.99. The van der Waals surface area contributed by atoms with E-state index in [2.05, 4.69) is 0 Å². The Morgan fingerprint density at radius 2 is 2.19 bits per heavy atom. The highest BCUT2D eigenvalue weighted by molar-refractivity contribution is 5.84. The van der Waals surface area contributed by atoms with Crippen LogP contribution in [0.3, 0.4) is 0 Å². The van der Waals surface area contributed by atoms with Crippen LogP contribution in [0.5, 0.6) is 11.5 Å². The quantitative estimate of drug-likeness (QED) is 0.782. The first-order chi connectivity index (χ1) is 7.79. The van der Waals surface area contributed by atoms with Gasteiger partial charge in [-0.1, -0.05) is 13.0 Å². The lowest BCUT2D eigenvalue weighted by molar-refractivity contribution is -0.120. The number of ketones is 1. The third-order valence-electron chi connectivity index (χ3n) is 3.38. The number of ether oxygens (including phenoxy) is 2. The second-order valence-electron chi connectivity index (χ2n) is 4.38. The van der Waals surface area contributed by atoms with Gasteiger partial charge in [0.2, 0.25) is 6.79 Å². The Kier molecular flexibility index (Phi) is 2.13. The fourth-order valence-electron chi connectivity index (χ4n) is 2.33. The predicted octanol–water partition coefficient (Wildman–Crippen LogP) is 2.50. The number of fused-ring (bicyclic) bond motifs is 1. The van der Waals surface area contributed by atoms with Gasteiger partial charge in [0.1, 0.15) is 5.78 Å². The molecule has 0 spiro atoms. The molecule has 1 fully saturated rings. The topological polar surface area (TPSA) is 35.5 Å². The molecule has 0 bridgehead atoms. The summed E-state index contributed by atoms with van der Waals surface area (Å²) in [6.45, 7) is 2.23. The first kappa shape index (κ1) is 9.70. The van der Waals surface area contributed by atoms with E-state index in [1.165, 1.54) is 5.56 Å². The minimum atomic E-state index is 0.241. The van der Waals surface area contributed by atoms with E-state index in [-0.39, 0.29) is 5.92 Å². The Bertz CT molecular complexity index is 439. The van der Waals surface area contributed by atoms with Crippen LogP contribution in [-0.2, 0) is 4.79 Å². The highest BCUT2D eigenvalue weighted by atomic mass is 16.7. The Hall–Kier alpha value is -1.51. The molecule has 84 valence electrons. The molecule has 0 N–H and O–H groups in total. The molecule has 2 aliphatic rings. The molecule has 1 aromatic rings. The second kappa shape index (κ2) is 3.51. The molecule has 16 heavy (non-hydrogen) atoms. The Balaban J connectivity index is 1.80. The van der Waals surface area contributed by atoms with Crippen LogP contribution in [0.1, 0.15) is 31.2 Å². The first-order valence-corrected chi connectivity index (χ1v) is 5.72. The van der Waals surface area contributed by atoms with Gasteiger partial charge in [-0.15, -0.1) is 0 Å². The number of benzene rings is 1. The van der Waals surface area contributed by atoms with E-state index in [4.69, 9.17) is 9.47 Å². The maximum absolute atomic E-state index is 11.5. The van der Waals surface area contributed by atoms with Gasteiger partial charge in [-0.2, -0.15) is 0 Å². The molecule has 2 atom stereocenters. The average Bonchev–Trinajstić information content (AvgIpc) is 2.98. The molecule has 0 amide bonds. The van der Waals surface area contributed by atoms with Crippen molar-refractivity contribution in [3.63, 3.8) is 0 Å². The van der Waals surface area contributed by atoms with Gasteiger partial charge < -0.3 is 9.47 Å². The third kappa shape index (κ3) is 1.47. The van der Waals surface area contributed by atoms with Gasteiger partial charge in [0.15, 0.2) is 11.5 Å². The van der Waals surface area contributed by atoms with Crippen molar-refractivity contribution < 1.29 is 14.3 Å². The van der Waals surface area contributed by atoms with Gasteiger partial charge in [-0.05, 0) is 30.0 Å². The summed E-state index contributed by atoms with van der Waals surface area (Å²) in [7, 11) is 0. The van der Waals surface area contributed by atoms with Gasteiger partial charge in [0, 0.05) is 12.3 Å². The number of hydrogen-bond donors (Lipinski definition) is 0. The van der Waals surface area contributed by atoms with E-state index in [1.807, 2.05) is 25.1 Å². The lowest BCUT2D eigenvalue weighted by Gasteiger charge is -2.01. The molecule has 3 heteroatoms. The average molecular weight is 218 g/mol. The number of carbonyl (C=O) groups excluding carboxylic acids is 1. The summed E-state index contributed by atoms with van der Waals surface area (Å²) in [5, 5.41) is 0. The molecule has 0 saturated heterocycles. The van der Waals surface area contributed by atoms with Crippen LogP contribution < -0.4 is 9.47 Å². The van der Waals surface area contributed by atoms with E-state index in [0.717, 1.165) is 17.9 Å². The zero-order chi connectivity index (χ0) is 11.1. The Morgan fingerprint density at radius 3 is 3.00 bits per heavy atom. The van der Waals surface area contributed by atoms with Crippen LogP contribution in [0.2, 0.25) is 0 Å². The van der Waals surface area contributed by atoms with Crippen LogP contribution in [0.15, 0.2) is 18.2 Å². The standard InChI is InChI=1S/C13H14O3/c1-2-11(14)10-6-9(10)8-3-4-12-13(5-8)16-7-15-12/h3-5,9-10H,2,6-7H2,1H3. The van der Waals surface area contributed by atoms with Crippen LogP contribution in [0.4, 0.5) is 0 Å². The smallest absolute Gasteiger partial charge is 0.231 e. The van der Waals surface area contributed by atoms with Crippen molar-refractivity contribution in [1.82, 2.24) is 0 Å². The maximum Gasteiger partial charge on any atom is 0.231 e. The van der Waals surface area contributed by atoms with E-state index < -0.39 is 0 Å². The highest BCUT2D eigenvalue weighted by Crippen LogP contribution is 2.50. The van der Waals surface area contributed by atoms with Gasteiger partial charge in [0.25, 0.3) is 0 Å². The van der Waals surface area contributed by atoms with Gasteiger partial charge in [0.05, 0.1) is 0 Å². The van der Waals surface area contributed by atoms with Gasteiger partial charge >= 0.3 is 0 Å². The van der Waals surface area contributed by atoms with Crippen molar-refractivity contribution in [2.24, 2.45) is 5.92 Å². The number of carbonyl (C=O) groups is 1. The summed E-state index contributed by atoms with van der Waals surface area (Å²) in [5.74, 6) is 2.64. The molecular formula is C13H14O3. The SMILES string of the molecule is CCC(=O)C1CC1c1ccc2c(c1)OCO2. The van der Waals surface area contributed by atoms with Crippen molar-refractivity contribution in [3.8, 4) is 11.5 Å². The van der Waals surface area contributed by atoms with E-state index in [1.54, 1.807) is 0 Å². The molecule has 1 saturated carbocycles. The fraction of sp³-hybridized carbons (Fsp3) is 0.462. The van der Waals surface area contributed by atoms with E-state index >= 15 is 0 Å². The minimum absolute atomic E-state index is 0.241. The zero-order valence-electron chi connectivity index (χ0n) is 9.23. The maximum atomic E-state index is 11.5. The lowest BCUT2D eigenvalue weighted by Crippen LogP contribution is -1.99. The van der Waals surface area contributed by atoms with Crippen molar-refractivity contribution in [1.29, 1.82) is 0 Å². The lowest BCUT2D eigenvalue weighted by atomic mass is 10.1. The highest BCUT2D eigenvalue weighted by Gasteiger charge is 2.43. The van der Waals surface area contributed by atoms with Gasteiger partial charge in [-0.3, -0.25) is 4.79 Å². The van der Waals surface area contributed by atoms with Crippen LogP contribution in [0.25, 0.3) is 0 Å². The van der Waals surface area contributed by atoms with Crippen molar-refractivity contribution in [2.45, 2.75) is 25.7 Å². The summed E-state index contributed by atoms with van der Waals surface area (Å²) in [5.41, 5.74) is 1.20. The molecule has 1 aliphatic heterocycles. The molecule has 1 aliphatic carbocycles. The summed E-state index contributed by atoms with van der Waals surface area (Å²) in [6.07, 6.45) is 1.64. The van der Waals surface area contributed by atoms with Gasteiger partial charge in [-0.25, -0.2) is 0 Å². The molecule has 3 nitrogen and oxygen atoms in total. The molecule has 2 unspecified atom stereocenters. The number of rotatable bonds is 3. The first-order valence-electron chi connectivity index (χ1n) is 5.72.